The summed E-state index contributed by atoms with van der Waals surface area (Å²) in [5.74, 6) is 2.39. The Labute approximate surface area is 158 Å². The Morgan fingerprint density at radius 1 is 1.26 bits per heavy atom. The van der Waals surface area contributed by atoms with Crippen LogP contribution in [0.4, 0.5) is 0 Å². The third-order valence-corrected chi connectivity index (χ3v) is 4.83. The van der Waals surface area contributed by atoms with Crippen LogP contribution in [0, 0.1) is 12.8 Å². The summed E-state index contributed by atoms with van der Waals surface area (Å²) in [5.41, 5.74) is 1.86. The molecule has 0 bridgehead atoms. The van der Waals surface area contributed by atoms with E-state index in [4.69, 9.17) is 9.15 Å². The second-order valence-electron chi connectivity index (χ2n) is 8.27. The molecule has 0 spiro atoms. The lowest BCUT2D eigenvalue weighted by Crippen LogP contribution is -2.22. The Bertz CT molecular complexity index is 926. The van der Waals surface area contributed by atoms with Gasteiger partial charge in [0.25, 0.3) is 0 Å². The molecule has 0 amide bonds. The zero-order valence-corrected chi connectivity index (χ0v) is 16.3. The van der Waals surface area contributed by atoms with Gasteiger partial charge in [-0.05, 0) is 19.0 Å². The average Bonchev–Trinajstić information content (AvgIpc) is 3.32. The minimum Gasteiger partial charge on any atom is -0.476 e. The third kappa shape index (κ3) is 4.10. The highest BCUT2D eigenvalue weighted by atomic mass is 16.5. The molecule has 27 heavy (non-hydrogen) atoms. The van der Waals surface area contributed by atoms with Crippen molar-refractivity contribution in [2.24, 2.45) is 5.92 Å². The first-order valence-electron chi connectivity index (χ1n) is 9.38. The van der Waals surface area contributed by atoms with Crippen molar-refractivity contribution in [2.45, 2.75) is 46.1 Å². The molecule has 1 aliphatic heterocycles. The van der Waals surface area contributed by atoms with Crippen molar-refractivity contribution in [3.05, 3.63) is 35.8 Å². The van der Waals surface area contributed by atoms with Gasteiger partial charge in [0.05, 0.1) is 25.0 Å². The molecule has 4 heterocycles. The maximum Gasteiger partial charge on any atom is 0.231 e. The minimum atomic E-state index is -0.00106. The van der Waals surface area contributed by atoms with Crippen molar-refractivity contribution in [3.63, 3.8) is 0 Å². The first kappa shape index (κ1) is 17.9. The predicted molar refractivity (Wildman–Crippen MR) is 99.6 cm³/mol. The highest BCUT2D eigenvalue weighted by Gasteiger charge is 2.25. The second-order valence-corrected chi connectivity index (χ2v) is 8.27. The molecule has 0 aromatic carbocycles. The topological polar surface area (TPSA) is 81.6 Å². The number of imidazole rings is 1. The number of hydrogen-bond donors (Lipinski definition) is 0. The first-order chi connectivity index (χ1) is 12.9. The predicted octanol–water partition coefficient (Wildman–Crippen LogP) is 2.62. The fourth-order valence-electron chi connectivity index (χ4n) is 3.29. The van der Waals surface area contributed by atoms with E-state index in [1.54, 1.807) is 4.52 Å². The van der Waals surface area contributed by atoms with Gasteiger partial charge in [0.2, 0.25) is 17.7 Å². The van der Waals surface area contributed by atoms with Crippen LogP contribution in [0.3, 0.4) is 0 Å². The van der Waals surface area contributed by atoms with Crippen LogP contribution in [0.15, 0.2) is 22.7 Å². The fourth-order valence-corrected chi connectivity index (χ4v) is 3.29. The van der Waals surface area contributed by atoms with Gasteiger partial charge in [-0.2, -0.15) is 0 Å². The molecule has 1 fully saturated rings. The van der Waals surface area contributed by atoms with Gasteiger partial charge in [-0.15, -0.1) is 15.3 Å². The Balaban J connectivity index is 1.33. The maximum atomic E-state index is 5.96. The molecule has 0 radical (unpaired) electrons. The molecule has 0 N–H and O–H groups in total. The van der Waals surface area contributed by atoms with Crippen molar-refractivity contribution in [1.82, 2.24) is 29.7 Å². The molecule has 4 rings (SSSR count). The van der Waals surface area contributed by atoms with E-state index in [0.29, 0.717) is 36.7 Å². The molecule has 0 aliphatic carbocycles. The summed E-state index contributed by atoms with van der Waals surface area (Å²) in [6, 6.07) is 3.85. The Morgan fingerprint density at radius 3 is 2.85 bits per heavy atom. The highest BCUT2D eigenvalue weighted by molar-refractivity contribution is 5.40. The van der Waals surface area contributed by atoms with Crippen LogP contribution in [0.1, 0.15) is 44.7 Å². The number of fused-ring (bicyclic) bond motifs is 1. The molecule has 144 valence electrons. The van der Waals surface area contributed by atoms with Gasteiger partial charge in [0.15, 0.2) is 5.65 Å². The van der Waals surface area contributed by atoms with Crippen molar-refractivity contribution in [1.29, 1.82) is 0 Å². The molecule has 8 heteroatoms. The van der Waals surface area contributed by atoms with E-state index in [2.05, 4.69) is 46.0 Å². The van der Waals surface area contributed by atoms with E-state index >= 15 is 0 Å². The summed E-state index contributed by atoms with van der Waals surface area (Å²) in [4.78, 5) is 6.96. The molecule has 3 aromatic rings. The Morgan fingerprint density at radius 2 is 2.11 bits per heavy atom. The summed E-state index contributed by atoms with van der Waals surface area (Å²) >= 11 is 0. The Kier molecular flexibility index (Phi) is 4.59. The summed E-state index contributed by atoms with van der Waals surface area (Å²) in [7, 11) is 0. The van der Waals surface area contributed by atoms with Crippen LogP contribution in [0.5, 0.6) is 5.88 Å². The van der Waals surface area contributed by atoms with Crippen molar-refractivity contribution in [2.75, 3.05) is 19.7 Å². The van der Waals surface area contributed by atoms with E-state index in [-0.39, 0.29) is 5.41 Å². The quantitative estimate of drug-likeness (QED) is 0.683. The fraction of sp³-hybridized carbons (Fsp3) is 0.579. The number of aromatic nitrogens is 5. The van der Waals surface area contributed by atoms with Gasteiger partial charge in [-0.3, -0.25) is 4.90 Å². The summed E-state index contributed by atoms with van der Waals surface area (Å²) in [6.45, 7) is 11.6. The zero-order valence-electron chi connectivity index (χ0n) is 16.3. The van der Waals surface area contributed by atoms with Crippen molar-refractivity contribution >= 4 is 5.65 Å². The van der Waals surface area contributed by atoms with Crippen molar-refractivity contribution < 1.29 is 9.15 Å². The summed E-state index contributed by atoms with van der Waals surface area (Å²) < 4.78 is 13.2. The average molecular weight is 370 g/mol. The van der Waals surface area contributed by atoms with Gasteiger partial charge in [0, 0.05) is 30.9 Å². The summed E-state index contributed by atoms with van der Waals surface area (Å²) in [6.07, 6.45) is 3.07. The maximum absolute atomic E-state index is 5.96. The van der Waals surface area contributed by atoms with E-state index < -0.39 is 0 Å². The molecule has 3 aromatic heterocycles. The molecule has 1 atom stereocenters. The molecule has 0 saturated carbocycles. The number of likely N-dealkylation sites (tertiary alicyclic amines) is 1. The zero-order chi connectivity index (χ0) is 19.0. The van der Waals surface area contributed by atoms with Crippen LogP contribution in [0.25, 0.3) is 5.65 Å². The van der Waals surface area contributed by atoms with Gasteiger partial charge in [-0.1, -0.05) is 20.8 Å². The van der Waals surface area contributed by atoms with Crippen LogP contribution in [-0.4, -0.2) is 49.4 Å². The minimum absolute atomic E-state index is 0.00106. The number of ether oxygens (including phenoxy) is 1. The van der Waals surface area contributed by atoms with Crippen LogP contribution in [0.2, 0.25) is 0 Å². The van der Waals surface area contributed by atoms with Gasteiger partial charge in [0.1, 0.15) is 0 Å². The molecule has 1 unspecified atom stereocenters. The van der Waals surface area contributed by atoms with Crippen LogP contribution < -0.4 is 4.74 Å². The normalized spacial score (nSPS) is 18.4. The van der Waals surface area contributed by atoms with E-state index in [9.17, 15) is 0 Å². The first-order valence-corrected chi connectivity index (χ1v) is 9.38. The molecular formula is C19H26N6O2. The molecule has 1 saturated heterocycles. The van der Waals surface area contributed by atoms with E-state index in [1.165, 1.54) is 0 Å². The molecular weight excluding hydrogens is 344 g/mol. The SMILES string of the molecule is Cc1nnc(CN2CCC(COc3ccc4nc(C(C)(C)C)cn4n3)C2)o1. The van der Waals surface area contributed by atoms with Gasteiger partial charge >= 0.3 is 0 Å². The van der Waals surface area contributed by atoms with Gasteiger partial charge < -0.3 is 9.15 Å². The Hall–Kier alpha value is -2.48. The highest BCUT2D eigenvalue weighted by Crippen LogP contribution is 2.23. The number of rotatable bonds is 5. The largest absolute Gasteiger partial charge is 0.476 e. The smallest absolute Gasteiger partial charge is 0.231 e. The monoisotopic (exact) mass is 370 g/mol. The van der Waals surface area contributed by atoms with Crippen LogP contribution in [-0.2, 0) is 12.0 Å². The van der Waals surface area contributed by atoms with E-state index in [0.717, 1.165) is 30.9 Å². The van der Waals surface area contributed by atoms with Crippen molar-refractivity contribution in [3.8, 4) is 5.88 Å². The lowest BCUT2D eigenvalue weighted by molar-refractivity contribution is 0.223. The van der Waals surface area contributed by atoms with Crippen LogP contribution >= 0.6 is 0 Å². The number of hydrogen-bond acceptors (Lipinski definition) is 7. The summed E-state index contributed by atoms with van der Waals surface area (Å²) in [5, 5.41) is 12.5. The number of aryl methyl sites for hydroxylation is 1. The second kappa shape index (κ2) is 6.92. The standard InChI is InChI=1S/C19H26N6O2/c1-13-21-22-18(27-13)11-24-8-7-14(9-24)12-26-17-6-5-16-20-15(19(2,3)4)10-25(16)23-17/h5-6,10,14H,7-9,11-12H2,1-4H3. The molecule has 1 aliphatic rings. The lowest BCUT2D eigenvalue weighted by atomic mass is 9.93. The number of nitrogens with zero attached hydrogens (tertiary/aromatic N) is 6. The van der Waals surface area contributed by atoms with E-state index in [1.807, 2.05) is 25.3 Å². The lowest BCUT2D eigenvalue weighted by Gasteiger charge is -2.14. The molecule has 8 nitrogen and oxygen atoms in total. The third-order valence-electron chi connectivity index (χ3n) is 4.83. The van der Waals surface area contributed by atoms with Gasteiger partial charge in [-0.25, -0.2) is 9.50 Å².